The zero-order valence-electron chi connectivity index (χ0n) is 14.0. The summed E-state index contributed by atoms with van der Waals surface area (Å²) in [6, 6.07) is 3.37. The number of thiazole rings is 1. The first kappa shape index (κ1) is 19.6. The van der Waals surface area contributed by atoms with Gasteiger partial charge in [0.25, 0.3) is 5.91 Å². The number of esters is 1. The van der Waals surface area contributed by atoms with Crippen molar-refractivity contribution in [1.29, 1.82) is 0 Å². The van der Waals surface area contributed by atoms with E-state index in [1.807, 2.05) is 0 Å². The topological polar surface area (TPSA) is 85.4 Å². The van der Waals surface area contributed by atoms with E-state index in [1.54, 1.807) is 5.38 Å². The monoisotopic (exact) mass is 382 g/mol. The van der Waals surface area contributed by atoms with Crippen molar-refractivity contribution in [3.05, 3.63) is 35.2 Å². The van der Waals surface area contributed by atoms with Gasteiger partial charge in [-0.1, -0.05) is 0 Å². The lowest BCUT2D eigenvalue weighted by Gasteiger charge is -2.11. The van der Waals surface area contributed by atoms with Crippen LogP contribution >= 0.6 is 11.3 Å². The molecule has 0 saturated carbocycles. The molecule has 1 aromatic carbocycles. The molecular formula is C17H16F2N2O4S. The molecule has 26 heavy (non-hydrogen) atoms. The molecule has 0 saturated heterocycles. The second kappa shape index (κ2) is 8.61. The number of carbonyl (C=O) groups is 3. The van der Waals surface area contributed by atoms with Gasteiger partial charge in [0.15, 0.2) is 22.9 Å². The van der Waals surface area contributed by atoms with Crippen LogP contribution in [0.15, 0.2) is 23.6 Å². The number of Topliss-reactive ketones (excluding diaryl/α,β-unsaturated/α-hetero) is 1. The summed E-state index contributed by atoms with van der Waals surface area (Å²) >= 11 is 1.09. The number of hydrogen-bond acceptors (Lipinski definition) is 6. The van der Waals surface area contributed by atoms with Gasteiger partial charge in [-0.15, -0.1) is 11.3 Å². The van der Waals surface area contributed by atoms with E-state index in [2.05, 4.69) is 10.3 Å². The Morgan fingerprint density at radius 2 is 1.96 bits per heavy atom. The molecule has 9 heteroatoms. The quantitative estimate of drug-likeness (QED) is 0.743. The number of carbonyl (C=O) groups excluding carboxylic acids is 3. The van der Waals surface area contributed by atoms with Crippen LogP contribution < -0.4 is 5.32 Å². The maximum absolute atomic E-state index is 13.3. The van der Waals surface area contributed by atoms with E-state index in [4.69, 9.17) is 4.74 Å². The van der Waals surface area contributed by atoms with Crippen molar-refractivity contribution in [3.63, 3.8) is 0 Å². The Bertz CT molecular complexity index is 838. The molecule has 6 nitrogen and oxygen atoms in total. The highest BCUT2D eigenvalue weighted by Crippen LogP contribution is 2.26. The number of hydrogen-bond donors (Lipinski definition) is 1. The fourth-order valence-corrected chi connectivity index (χ4v) is 2.64. The number of aromatic nitrogens is 1. The van der Waals surface area contributed by atoms with Crippen LogP contribution in [0.1, 0.15) is 26.7 Å². The highest BCUT2D eigenvalue weighted by molar-refractivity contribution is 7.14. The Morgan fingerprint density at radius 1 is 1.23 bits per heavy atom. The Balaban J connectivity index is 1.95. The number of benzene rings is 1. The van der Waals surface area contributed by atoms with Crippen molar-refractivity contribution in [1.82, 2.24) is 4.98 Å². The molecule has 1 N–H and O–H groups in total. The Morgan fingerprint density at radius 3 is 2.62 bits per heavy atom. The number of nitrogens with zero attached hydrogens (tertiary/aromatic N) is 1. The van der Waals surface area contributed by atoms with Gasteiger partial charge in [0.05, 0.1) is 12.1 Å². The van der Waals surface area contributed by atoms with Gasteiger partial charge >= 0.3 is 5.97 Å². The minimum absolute atomic E-state index is 0.0528. The van der Waals surface area contributed by atoms with Crippen molar-refractivity contribution in [2.24, 2.45) is 0 Å². The summed E-state index contributed by atoms with van der Waals surface area (Å²) < 4.78 is 31.2. The fraction of sp³-hybridized carbons (Fsp3) is 0.294. The molecule has 0 bridgehead atoms. The predicted molar refractivity (Wildman–Crippen MR) is 91.6 cm³/mol. The van der Waals surface area contributed by atoms with E-state index >= 15 is 0 Å². The van der Waals surface area contributed by atoms with E-state index in [0.717, 1.165) is 23.5 Å². The molecule has 0 unspecified atom stereocenters. The van der Waals surface area contributed by atoms with Crippen molar-refractivity contribution < 1.29 is 27.9 Å². The minimum atomic E-state index is -1.06. The number of anilines is 1. The molecule has 1 atom stereocenters. The lowest BCUT2D eigenvalue weighted by molar-refractivity contribution is -0.153. The van der Waals surface area contributed by atoms with E-state index in [9.17, 15) is 23.2 Å². The summed E-state index contributed by atoms with van der Waals surface area (Å²) in [6.07, 6.45) is -1.10. The SMILES string of the molecule is CC(=O)CCC(=O)O[C@H](C)C(=O)Nc1nc(-c2ccc(F)c(F)c2)cs1. The number of ketones is 1. The number of halogens is 2. The van der Waals surface area contributed by atoms with E-state index in [-0.39, 0.29) is 23.8 Å². The number of amides is 1. The molecule has 1 heterocycles. The summed E-state index contributed by atoms with van der Waals surface area (Å²) in [5.74, 6) is -3.34. The normalized spacial score (nSPS) is 11.7. The Kier molecular flexibility index (Phi) is 6.51. The molecule has 2 rings (SSSR count). The summed E-state index contributed by atoms with van der Waals surface area (Å²) in [7, 11) is 0. The molecule has 138 valence electrons. The highest BCUT2D eigenvalue weighted by Gasteiger charge is 2.19. The molecule has 1 amide bonds. The smallest absolute Gasteiger partial charge is 0.307 e. The number of nitrogens with one attached hydrogen (secondary N) is 1. The molecule has 0 spiro atoms. The maximum Gasteiger partial charge on any atom is 0.307 e. The first-order valence-corrected chi connectivity index (χ1v) is 8.55. The highest BCUT2D eigenvalue weighted by atomic mass is 32.1. The van der Waals surface area contributed by atoms with E-state index in [1.165, 1.54) is 19.9 Å². The predicted octanol–water partition coefficient (Wildman–Crippen LogP) is 3.33. The molecule has 0 fully saturated rings. The zero-order valence-corrected chi connectivity index (χ0v) is 14.9. The third-order valence-electron chi connectivity index (χ3n) is 3.31. The zero-order chi connectivity index (χ0) is 19.3. The lowest BCUT2D eigenvalue weighted by Crippen LogP contribution is -2.30. The number of rotatable bonds is 7. The van der Waals surface area contributed by atoms with Crippen LogP contribution in [0.5, 0.6) is 0 Å². The average Bonchev–Trinajstić information content (AvgIpc) is 3.03. The molecular weight excluding hydrogens is 366 g/mol. The summed E-state index contributed by atoms with van der Waals surface area (Å²) in [5, 5.41) is 4.28. The molecule has 0 aliphatic heterocycles. The van der Waals surface area contributed by atoms with Gasteiger partial charge in [0.2, 0.25) is 0 Å². The van der Waals surface area contributed by atoms with Crippen LogP contribution in [0.4, 0.5) is 13.9 Å². The van der Waals surface area contributed by atoms with Gasteiger partial charge in [-0.3, -0.25) is 14.9 Å². The van der Waals surface area contributed by atoms with Crippen LogP contribution in [0.2, 0.25) is 0 Å². The van der Waals surface area contributed by atoms with Crippen molar-refractivity contribution in [3.8, 4) is 11.3 Å². The van der Waals surface area contributed by atoms with Crippen LogP contribution in [0.3, 0.4) is 0 Å². The van der Waals surface area contributed by atoms with Crippen LogP contribution in [-0.2, 0) is 19.1 Å². The third-order valence-corrected chi connectivity index (χ3v) is 4.07. The first-order valence-electron chi connectivity index (χ1n) is 7.67. The standard InChI is InChI=1S/C17H16F2N2O4S/c1-9(22)3-6-15(23)25-10(2)16(24)21-17-20-14(8-26-17)11-4-5-12(18)13(19)7-11/h4-5,7-8,10H,3,6H2,1-2H3,(H,20,21,24)/t10-/m1/s1. The second-order valence-corrected chi connectivity index (χ2v) is 6.35. The molecule has 2 aromatic rings. The van der Waals surface area contributed by atoms with Gasteiger partial charge in [0, 0.05) is 17.4 Å². The van der Waals surface area contributed by atoms with Crippen molar-refractivity contribution in [2.45, 2.75) is 32.8 Å². The van der Waals surface area contributed by atoms with Crippen LogP contribution in [0.25, 0.3) is 11.3 Å². The molecule has 1 aromatic heterocycles. The largest absolute Gasteiger partial charge is 0.453 e. The Hall–Kier alpha value is -2.68. The van der Waals surface area contributed by atoms with Gasteiger partial charge in [0.1, 0.15) is 5.78 Å². The van der Waals surface area contributed by atoms with Gasteiger partial charge in [-0.25, -0.2) is 13.8 Å². The summed E-state index contributed by atoms with van der Waals surface area (Å²) in [6.45, 7) is 2.75. The Labute approximate surface area is 152 Å². The van der Waals surface area contributed by atoms with E-state index in [0.29, 0.717) is 11.3 Å². The third kappa shape index (κ3) is 5.41. The van der Waals surface area contributed by atoms with Crippen molar-refractivity contribution >= 4 is 34.1 Å². The second-order valence-electron chi connectivity index (χ2n) is 5.49. The van der Waals surface area contributed by atoms with Crippen LogP contribution in [0, 0.1) is 11.6 Å². The maximum atomic E-state index is 13.3. The van der Waals surface area contributed by atoms with Crippen molar-refractivity contribution in [2.75, 3.05) is 5.32 Å². The summed E-state index contributed by atoms with van der Waals surface area (Å²) in [4.78, 5) is 38.5. The average molecular weight is 382 g/mol. The number of ether oxygens (including phenoxy) is 1. The summed E-state index contributed by atoms with van der Waals surface area (Å²) in [5.41, 5.74) is 0.736. The van der Waals surface area contributed by atoms with E-state index < -0.39 is 29.6 Å². The molecule has 0 aliphatic carbocycles. The molecule has 0 aliphatic rings. The fourth-order valence-electron chi connectivity index (χ4n) is 1.91. The van der Waals surface area contributed by atoms with Crippen LogP contribution in [-0.4, -0.2) is 28.7 Å². The van der Waals surface area contributed by atoms with Gasteiger partial charge in [-0.2, -0.15) is 0 Å². The van der Waals surface area contributed by atoms with Gasteiger partial charge < -0.3 is 9.53 Å². The minimum Gasteiger partial charge on any atom is -0.453 e. The molecule has 0 radical (unpaired) electrons. The lowest BCUT2D eigenvalue weighted by atomic mass is 10.2. The van der Waals surface area contributed by atoms with Gasteiger partial charge in [-0.05, 0) is 32.0 Å². The first-order chi connectivity index (χ1) is 12.3.